The summed E-state index contributed by atoms with van der Waals surface area (Å²) in [5, 5.41) is 9.60. The average molecular weight is 339 g/mol. The molecular weight excluding hydrogens is 322 g/mol. The van der Waals surface area contributed by atoms with Gasteiger partial charge in [-0.2, -0.15) is 4.31 Å². The third kappa shape index (κ3) is 3.29. The molecule has 2 aromatic rings. The fraction of sp³-hybridized carbons (Fsp3) is 0.429. The fourth-order valence-corrected chi connectivity index (χ4v) is 4.47. The van der Waals surface area contributed by atoms with Gasteiger partial charge in [-0.1, -0.05) is 11.3 Å². The Kier molecular flexibility index (Phi) is 4.42. The number of benzene rings is 1. The highest BCUT2D eigenvalue weighted by molar-refractivity contribution is 7.89. The molecular formula is C14H17N3O3S2. The lowest BCUT2D eigenvalue weighted by Gasteiger charge is -2.15. The molecule has 3 rings (SSSR count). The van der Waals surface area contributed by atoms with Crippen LogP contribution in [-0.2, 0) is 16.6 Å². The number of sulfonamides is 1. The third-order valence-corrected chi connectivity index (χ3v) is 6.18. The molecule has 1 aromatic heterocycles. The van der Waals surface area contributed by atoms with Crippen molar-refractivity contribution in [2.24, 2.45) is 0 Å². The number of rotatable bonds is 5. The van der Waals surface area contributed by atoms with Crippen molar-refractivity contribution in [1.82, 2.24) is 14.5 Å². The molecule has 1 aliphatic heterocycles. The van der Waals surface area contributed by atoms with E-state index in [1.807, 2.05) is 6.92 Å². The first-order valence-corrected chi connectivity index (χ1v) is 9.33. The Balaban J connectivity index is 1.67. The zero-order valence-electron chi connectivity index (χ0n) is 12.2. The molecule has 2 heterocycles. The van der Waals surface area contributed by atoms with Gasteiger partial charge >= 0.3 is 0 Å². The Morgan fingerprint density at radius 3 is 2.45 bits per heavy atom. The van der Waals surface area contributed by atoms with Crippen LogP contribution >= 0.6 is 11.3 Å². The zero-order valence-corrected chi connectivity index (χ0v) is 13.9. The Morgan fingerprint density at radius 1 is 1.18 bits per heavy atom. The van der Waals surface area contributed by atoms with Crippen LogP contribution in [0.1, 0.15) is 22.9 Å². The van der Waals surface area contributed by atoms with Crippen molar-refractivity contribution in [2.75, 3.05) is 13.1 Å². The van der Waals surface area contributed by atoms with Gasteiger partial charge in [0.05, 0.1) is 4.90 Å². The van der Waals surface area contributed by atoms with Crippen molar-refractivity contribution in [3.05, 3.63) is 34.3 Å². The maximum absolute atomic E-state index is 12.4. The lowest BCUT2D eigenvalue weighted by Crippen LogP contribution is -2.27. The van der Waals surface area contributed by atoms with Gasteiger partial charge in [-0.05, 0) is 44.0 Å². The van der Waals surface area contributed by atoms with Crippen molar-refractivity contribution >= 4 is 21.4 Å². The SMILES string of the molecule is Cc1nnc(COc2ccc(S(=O)(=O)N3CCCC3)cc2)s1. The molecule has 0 bridgehead atoms. The Hall–Kier alpha value is -1.51. The van der Waals surface area contributed by atoms with E-state index in [0.717, 1.165) is 22.9 Å². The maximum atomic E-state index is 12.4. The van der Waals surface area contributed by atoms with E-state index in [9.17, 15) is 8.42 Å². The molecule has 0 saturated carbocycles. The van der Waals surface area contributed by atoms with Crippen LogP contribution in [0.5, 0.6) is 5.75 Å². The number of hydrogen-bond donors (Lipinski definition) is 0. The van der Waals surface area contributed by atoms with Crippen molar-refractivity contribution in [2.45, 2.75) is 31.3 Å². The minimum absolute atomic E-state index is 0.313. The van der Waals surface area contributed by atoms with Gasteiger partial charge in [-0.3, -0.25) is 0 Å². The summed E-state index contributed by atoms with van der Waals surface area (Å²) < 4.78 is 31.9. The zero-order chi connectivity index (χ0) is 15.6. The Bertz CT molecular complexity index is 735. The Morgan fingerprint density at radius 2 is 1.86 bits per heavy atom. The molecule has 1 aromatic carbocycles. The molecule has 0 amide bonds. The summed E-state index contributed by atoms with van der Waals surface area (Å²) in [5.41, 5.74) is 0. The van der Waals surface area contributed by atoms with Crippen LogP contribution in [0.4, 0.5) is 0 Å². The van der Waals surface area contributed by atoms with Gasteiger partial charge in [0, 0.05) is 13.1 Å². The van der Waals surface area contributed by atoms with Gasteiger partial charge in [-0.25, -0.2) is 8.42 Å². The van der Waals surface area contributed by atoms with Crippen LogP contribution in [0, 0.1) is 6.92 Å². The molecule has 0 N–H and O–H groups in total. The molecule has 22 heavy (non-hydrogen) atoms. The average Bonchev–Trinajstić information content (AvgIpc) is 3.17. The summed E-state index contributed by atoms with van der Waals surface area (Å²) in [6.45, 7) is 3.44. The van der Waals surface area contributed by atoms with Gasteiger partial charge in [0.25, 0.3) is 0 Å². The van der Waals surface area contributed by atoms with E-state index < -0.39 is 10.0 Å². The van der Waals surface area contributed by atoms with Crippen molar-refractivity contribution in [3.8, 4) is 5.75 Å². The number of nitrogens with zero attached hydrogens (tertiary/aromatic N) is 3. The molecule has 0 unspecified atom stereocenters. The molecule has 118 valence electrons. The van der Waals surface area contributed by atoms with E-state index in [0.29, 0.717) is 30.3 Å². The number of aryl methyl sites for hydroxylation is 1. The van der Waals surface area contributed by atoms with Crippen LogP contribution in [-0.4, -0.2) is 36.0 Å². The minimum atomic E-state index is -3.36. The first-order valence-electron chi connectivity index (χ1n) is 7.08. The van der Waals surface area contributed by atoms with Crippen molar-refractivity contribution < 1.29 is 13.2 Å². The van der Waals surface area contributed by atoms with Crippen LogP contribution in [0.15, 0.2) is 29.2 Å². The molecule has 0 radical (unpaired) electrons. The molecule has 8 heteroatoms. The van der Waals surface area contributed by atoms with Crippen molar-refractivity contribution in [3.63, 3.8) is 0 Å². The van der Waals surface area contributed by atoms with Crippen LogP contribution in [0.3, 0.4) is 0 Å². The number of aromatic nitrogens is 2. The topological polar surface area (TPSA) is 72.4 Å². The molecule has 0 aliphatic carbocycles. The van der Waals surface area contributed by atoms with Gasteiger partial charge in [0.1, 0.15) is 17.4 Å². The number of ether oxygens (including phenoxy) is 1. The lowest BCUT2D eigenvalue weighted by atomic mass is 10.3. The quantitative estimate of drug-likeness (QED) is 0.835. The highest BCUT2D eigenvalue weighted by Crippen LogP contribution is 2.23. The first kappa shape index (κ1) is 15.4. The third-order valence-electron chi connectivity index (χ3n) is 3.46. The van der Waals surface area contributed by atoms with E-state index in [2.05, 4.69) is 10.2 Å². The smallest absolute Gasteiger partial charge is 0.243 e. The molecule has 0 atom stereocenters. The minimum Gasteiger partial charge on any atom is -0.486 e. The van der Waals surface area contributed by atoms with Gasteiger partial charge in [-0.15, -0.1) is 10.2 Å². The summed E-state index contributed by atoms with van der Waals surface area (Å²) in [6.07, 6.45) is 1.86. The second-order valence-corrected chi connectivity index (χ2v) is 8.29. The maximum Gasteiger partial charge on any atom is 0.243 e. The summed E-state index contributed by atoms with van der Waals surface area (Å²) in [4.78, 5) is 0.313. The highest BCUT2D eigenvalue weighted by Gasteiger charge is 2.26. The van der Waals surface area contributed by atoms with Crippen LogP contribution < -0.4 is 4.74 Å². The number of hydrogen-bond acceptors (Lipinski definition) is 6. The van der Waals surface area contributed by atoms with E-state index in [4.69, 9.17) is 4.74 Å². The molecule has 1 saturated heterocycles. The van der Waals surface area contributed by atoms with Crippen molar-refractivity contribution in [1.29, 1.82) is 0 Å². The van der Waals surface area contributed by atoms with E-state index in [1.54, 1.807) is 24.3 Å². The summed E-state index contributed by atoms with van der Waals surface area (Å²) in [5.74, 6) is 0.619. The van der Waals surface area contributed by atoms with Crippen LogP contribution in [0.2, 0.25) is 0 Å². The molecule has 1 fully saturated rings. The molecule has 6 nitrogen and oxygen atoms in total. The predicted molar refractivity (Wildman–Crippen MR) is 83.4 cm³/mol. The molecule has 0 spiro atoms. The summed E-state index contributed by atoms with van der Waals surface area (Å²) >= 11 is 1.48. The standard InChI is InChI=1S/C14H17N3O3S2/c1-11-15-16-14(21-11)10-20-12-4-6-13(7-5-12)22(18,19)17-8-2-3-9-17/h4-7H,2-3,8-10H2,1H3. The van der Waals surface area contributed by atoms with Gasteiger partial charge in [0.15, 0.2) is 5.01 Å². The largest absolute Gasteiger partial charge is 0.486 e. The fourth-order valence-electron chi connectivity index (χ4n) is 2.33. The summed E-state index contributed by atoms with van der Waals surface area (Å²) in [6, 6.07) is 6.54. The summed E-state index contributed by atoms with van der Waals surface area (Å²) in [7, 11) is -3.36. The Labute approximate surface area is 133 Å². The predicted octanol–water partition coefficient (Wildman–Crippen LogP) is 2.21. The van der Waals surface area contributed by atoms with Gasteiger partial charge < -0.3 is 4.74 Å². The van der Waals surface area contributed by atoms with Crippen LogP contribution in [0.25, 0.3) is 0 Å². The second-order valence-electron chi connectivity index (χ2n) is 5.09. The normalized spacial score (nSPS) is 16.0. The monoisotopic (exact) mass is 339 g/mol. The second kappa shape index (κ2) is 6.31. The first-order chi connectivity index (χ1) is 10.6. The van der Waals surface area contributed by atoms with Gasteiger partial charge in [0.2, 0.25) is 10.0 Å². The highest BCUT2D eigenvalue weighted by atomic mass is 32.2. The van der Waals surface area contributed by atoms with E-state index in [-0.39, 0.29) is 0 Å². The lowest BCUT2D eigenvalue weighted by molar-refractivity contribution is 0.304. The van der Waals surface area contributed by atoms with E-state index in [1.165, 1.54) is 15.6 Å². The van der Waals surface area contributed by atoms with E-state index >= 15 is 0 Å². The molecule has 1 aliphatic rings.